The van der Waals surface area contributed by atoms with E-state index >= 15 is 0 Å². The Morgan fingerprint density at radius 2 is 0.532 bits per heavy atom. The first-order valence-corrected chi connectivity index (χ1v) is 27.9. The number of fused-ring (bicyclic) bond motifs is 13. The van der Waals surface area contributed by atoms with Crippen LogP contribution in [0.1, 0.15) is 0 Å². The van der Waals surface area contributed by atoms with E-state index in [-0.39, 0.29) is 0 Å². The van der Waals surface area contributed by atoms with Crippen molar-refractivity contribution in [2.45, 2.75) is 0 Å². The lowest BCUT2D eigenvalue weighted by Gasteiger charge is -2.18. The van der Waals surface area contributed by atoms with Crippen molar-refractivity contribution >= 4 is 118 Å². The molecule has 0 bridgehead atoms. The van der Waals surface area contributed by atoms with Crippen LogP contribution in [-0.2, 0) is 0 Å². The summed E-state index contributed by atoms with van der Waals surface area (Å²) >= 11 is 1.91. The first kappa shape index (κ1) is 44.1. The van der Waals surface area contributed by atoms with E-state index < -0.39 is 0 Å². The predicted octanol–water partition coefficient (Wildman–Crippen LogP) is 22.5. The monoisotopic (exact) mass is 1020 g/mol. The van der Waals surface area contributed by atoms with Crippen LogP contribution in [0.25, 0.3) is 174 Å². The topological polar surface area (TPSA) is 26.3 Å². The normalized spacial score (nSPS) is 12.1. The smallest absolute Gasteiger partial charge is 0.135 e. The molecule has 0 saturated carbocycles. The van der Waals surface area contributed by atoms with Gasteiger partial charge in [-0.2, -0.15) is 0 Å². The van der Waals surface area contributed by atoms with E-state index in [4.69, 9.17) is 8.83 Å². The molecule has 3 aromatic heterocycles. The van der Waals surface area contributed by atoms with Crippen LogP contribution in [0.4, 0.5) is 0 Å². The zero-order valence-electron chi connectivity index (χ0n) is 42.6. The molecule has 3 heteroatoms. The second-order valence-corrected chi connectivity index (χ2v) is 22.0. The van der Waals surface area contributed by atoms with Gasteiger partial charge in [0.1, 0.15) is 22.3 Å². The largest absolute Gasteiger partial charge is 0.456 e. The lowest BCUT2D eigenvalue weighted by Crippen LogP contribution is -1.91. The van der Waals surface area contributed by atoms with E-state index in [1.54, 1.807) is 0 Å². The number of furan rings is 2. The number of benzene rings is 14. The molecular formula is C76H44O2S. The standard InChI is InChI=1S/C76H44O2S/c1-3-16-45(17-4-1)47-31-36-67-63(40-47)65-42-49(33-38-69(65)77-67)72-53-20-7-9-22-55(53)74(56-23-10-8-21-54(56)72)51-30-35-52-61-28-15-29-62(76(61)79-71(52)44-51)75-59-26-13-11-24-57(59)73(58-25-12-14-27-60(58)75)50-34-39-70-66(43-50)64-41-48(32-37-68(64)78-70)46-18-5-2-6-19-46/h1-44H. The molecule has 17 rings (SSSR count). The Bertz CT molecular complexity index is 5250. The molecule has 0 aliphatic heterocycles. The summed E-state index contributed by atoms with van der Waals surface area (Å²) in [5.41, 5.74) is 18.1. The van der Waals surface area contributed by atoms with Crippen molar-refractivity contribution in [2.24, 2.45) is 0 Å². The molecule has 0 atom stereocenters. The molecule has 79 heavy (non-hydrogen) atoms. The van der Waals surface area contributed by atoms with Crippen LogP contribution in [0, 0.1) is 0 Å². The third-order valence-corrected chi connectivity index (χ3v) is 17.9. The fraction of sp³-hybridized carbons (Fsp3) is 0. The van der Waals surface area contributed by atoms with Gasteiger partial charge in [-0.25, -0.2) is 0 Å². The SMILES string of the molecule is c1ccc(-c2ccc3oc4ccc(-c5c6ccccc6c(-c6ccc7c(c6)sc6c(-c8c9ccccc9c(-c9ccc%10oc%11ccc(-c%12ccccc%12)cc%11c%10c9)c9ccccc89)cccc67)c6ccccc56)cc4c3c2)cc1. The molecule has 0 radical (unpaired) electrons. The first-order chi connectivity index (χ1) is 39.2. The van der Waals surface area contributed by atoms with Crippen molar-refractivity contribution in [3.63, 3.8) is 0 Å². The van der Waals surface area contributed by atoms with E-state index in [0.29, 0.717) is 0 Å². The van der Waals surface area contributed by atoms with Crippen LogP contribution in [0.2, 0.25) is 0 Å². The summed E-state index contributed by atoms with van der Waals surface area (Å²) in [4.78, 5) is 0. The maximum atomic E-state index is 6.48. The minimum absolute atomic E-state index is 0.891. The van der Waals surface area contributed by atoms with Crippen LogP contribution in [0.3, 0.4) is 0 Å². The quantitative estimate of drug-likeness (QED) is 0.155. The van der Waals surface area contributed by atoms with E-state index in [1.807, 2.05) is 11.3 Å². The summed E-state index contributed by atoms with van der Waals surface area (Å²) in [5.74, 6) is 0. The van der Waals surface area contributed by atoms with Gasteiger partial charge >= 0.3 is 0 Å². The molecule has 0 N–H and O–H groups in total. The van der Waals surface area contributed by atoms with Crippen molar-refractivity contribution in [1.29, 1.82) is 0 Å². The zero-order chi connectivity index (χ0) is 51.7. The molecule has 0 saturated heterocycles. The Morgan fingerprint density at radius 3 is 0.949 bits per heavy atom. The van der Waals surface area contributed by atoms with Gasteiger partial charge in [0.15, 0.2) is 0 Å². The molecular weight excluding hydrogens is 977 g/mol. The molecule has 0 amide bonds. The van der Waals surface area contributed by atoms with Gasteiger partial charge in [-0.1, -0.05) is 212 Å². The van der Waals surface area contributed by atoms with Gasteiger partial charge in [-0.05, 0) is 159 Å². The van der Waals surface area contributed by atoms with Crippen molar-refractivity contribution < 1.29 is 8.83 Å². The summed E-state index contributed by atoms with van der Waals surface area (Å²) in [6.07, 6.45) is 0. The number of hydrogen-bond acceptors (Lipinski definition) is 3. The summed E-state index contributed by atoms with van der Waals surface area (Å²) in [7, 11) is 0. The van der Waals surface area contributed by atoms with Crippen molar-refractivity contribution in [3.8, 4) is 66.8 Å². The lowest BCUT2D eigenvalue weighted by atomic mass is 9.85. The summed E-state index contributed by atoms with van der Waals surface area (Å²) < 4.78 is 15.5. The molecule has 17 aromatic rings. The van der Waals surface area contributed by atoms with Crippen LogP contribution in [0.5, 0.6) is 0 Å². The van der Waals surface area contributed by atoms with Gasteiger partial charge in [0, 0.05) is 47.3 Å². The van der Waals surface area contributed by atoms with Crippen molar-refractivity contribution in [2.75, 3.05) is 0 Å². The highest BCUT2D eigenvalue weighted by Gasteiger charge is 2.23. The fourth-order valence-corrected chi connectivity index (χ4v) is 14.4. The molecule has 0 fully saturated rings. The van der Waals surface area contributed by atoms with E-state index in [9.17, 15) is 0 Å². The van der Waals surface area contributed by atoms with E-state index in [2.05, 4.69) is 267 Å². The Hall–Kier alpha value is -10.1. The minimum atomic E-state index is 0.891. The van der Waals surface area contributed by atoms with Gasteiger partial charge in [-0.3, -0.25) is 0 Å². The van der Waals surface area contributed by atoms with E-state index in [0.717, 1.165) is 43.9 Å². The van der Waals surface area contributed by atoms with Gasteiger partial charge < -0.3 is 8.83 Å². The molecule has 0 unspecified atom stereocenters. The third kappa shape index (κ3) is 6.77. The number of hydrogen-bond donors (Lipinski definition) is 0. The molecule has 366 valence electrons. The van der Waals surface area contributed by atoms with Crippen molar-refractivity contribution in [1.82, 2.24) is 0 Å². The summed E-state index contributed by atoms with van der Waals surface area (Å²) in [6.45, 7) is 0. The molecule has 0 aliphatic carbocycles. The minimum Gasteiger partial charge on any atom is -0.456 e. The Kier molecular flexibility index (Phi) is 9.62. The highest BCUT2D eigenvalue weighted by atomic mass is 32.1. The average Bonchev–Trinajstić information content (AvgIpc) is 4.24. The second-order valence-electron chi connectivity index (χ2n) is 21.0. The Morgan fingerprint density at radius 1 is 0.203 bits per heavy atom. The highest BCUT2D eigenvalue weighted by molar-refractivity contribution is 7.26. The van der Waals surface area contributed by atoms with Gasteiger partial charge in [0.25, 0.3) is 0 Å². The number of rotatable bonds is 6. The predicted molar refractivity (Wildman–Crippen MR) is 337 cm³/mol. The van der Waals surface area contributed by atoms with Gasteiger partial charge in [-0.15, -0.1) is 11.3 Å². The summed E-state index contributed by atoms with van der Waals surface area (Å²) in [6, 6.07) is 97.8. The van der Waals surface area contributed by atoms with E-state index in [1.165, 1.54) is 130 Å². The van der Waals surface area contributed by atoms with Crippen LogP contribution < -0.4 is 0 Å². The van der Waals surface area contributed by atoms with Crippen LogP contribution in [-0.4, -0.2) is 0 Å². The Balaban J connectivity index is 0.821. The maximum Gasteiger partial charge on any atom is 0.135 e. The Labute approximate surface area is 458 Å². The first-order valence-electron chi connectivity index (χ1n) is 27.0. The van der Waals surface area contributed by atoms with Crippen LogP contribution >= 0.6 is 11.3 Å². The van der Waals surface area contributed by atoms with Gasteiger partial charge in [0.2, 0.25) is 0 Å². The highest BCUT2D eigenvalue weighted by Crippen LogP contribution is 2.51. The summed E-state index contributed by atoms with van der Waals surface area (Å²) in [5, 5.41) is 16.9. The third-order valence-electron chi connectivity index (χ3n) is 16.6. The second kappa shape index (κ2) is 17.2. The average molecular weight is 1020 g/mol. The van der Waals surface area contributed by atoms with Crippen molar-refractivity contribution in [3.05, 3.63) is 267 Å². The molecule has 0 aliphatic rings. The lowest BCUT2D eigenvalue weighted by molar-refractivity contribution is 0.668. The maximum absolute atomic E-state index is 6.48. The molecule has 2 nitrogen and oxygen atoms in total. The van der Waals surface area contributed by atoms with Crippen LogP contribution in [0.15, 0.2) is 276 Å². The molecule has 3 heterocycles. The molecule has 14 aromatic carbocycles. The van der Waals surface area contributed by atoms with Gasteiger partial charge in [0.05, 0.1) is 0 Å². The molecule has 0 spiro atoms. The fourth-order valence-electron chi connectivity index (χ4n) is 13.1. The number of thiophene rings is 1. The zero-order valence-corrected chi connectivity index (χ0v) is 43.4.